The maximum atomic E-state index is 14.0. The smallest absolute Gasteiger partial charge is 0.494 e. The van der Waals surface area contributed by atoms with Gasteiger partial charge in [0.05, 0.1) is 105 Å². The minimum Gasteiger partial charge on any atom is -0.494 e. The van der Waals surface area contributed by atoms with Gasteiger partial charge in [-0.25, -0.2) is 52.3 Å². The number of anilines is 4. The summed E-state index contributed by atoms with van der Waals surface area (Å²) in [7, 11) is -13.4. The Balaban J connectivity index is 0.000000201. The van der Waals surface area contributed by atoms with Gasteiger partial charge in [0.15, 0.2) is 56.2 Å². The number of aryl methyl sites for hydroxylation is 3. The topological polar surface area (TPSA) is 689 Å². The van der Waals surface area contributed by atoms with Crippen molar-refractivity contribution in [1.82, 2.24) is 78.1 Å². The van der Waals surface area contributed by atoms with Crippen LogP contribution in [0.5, 0.6) is 11.5 Å². The number of nitrogens with two attached hydrogens (primary N) is 4. The van der Waals surface area contributed by atoms with Gasteiger partial charge >= 0.3 is 55.0 Å². The van der Waals surface area contributed by atoms with Crippen LogP contribution < -0.4 is 54.6 Å². The predicted molar refractivity (Wildman–Crippen MR) is 518 cm³/mol. The molecule has 53 nitrogen and oxygen atoms in total. The Morgan fingerprint density at radius 3 is 1.07 bits per heavy atom. The highest BCUT2D eigenvalue weighted by Crippen LogP contribution is 2.52. The number of fused-ring (bicyclic) bond motifs is 4. The van der Waals surface area contributed by atoms with E-state index >= 15 is 0 Å². The Bertz CT molecular complexity index is 7120. The number of benzene rings is 5. The molecule has 8 heterocycles. The second-order valence-electron chi connectivity index (χ2n) is 31.3. The molecule has 4 atom stereocenters. The lowest BCUT2D eigenvalue weighted by Crippen LogP contribution is -2.16. The SMILES string of the molecule is COC(=O)OCOP(=O)(COCCn1cnc2c(=O)[nH]c(N)nc21)OCc1ccc(C)c(F)c1.COc1ccc(COP(=O)(COCCn2cnc3c(=O)[nH]c(N)nc32)OCOC(=O)OCC(C)C)cc1F.Cc1ccc(COP(=O)(COCCn2cnc3c(=O)[nH]c(N)nc32)OCOC(=O)OC(C)C)cc1F.Cc1ccc(OC(=O)OCOP(=O)(COCCn2cnc3c(=O)[nH]c(N)nc32)OCc2cccc(Br)c2)cc1. The summed E-state index contributed by atoms with van der Waals surface area (Å²) in [5.74, 6) is -1.34. The zero-order valence-electron chi connectivity index (χ0n) is 80.1. The normalized spacial score (nSPS) is 13.0. The molecule has 12 N–H and O–H groups in total. The molecule has 4 unspecified atom stereocenters. The molecule has 794 valence electrons. The Kier molecular flexibility index (Phi) is 43.7. The molecule has 13 rings (SSSR count). The van der Waals surface area contributed by atoms with Crippen LogP contribution in [0.25, 0.3) is 44.7 Å². The first-order chi connectivity index (χ1) is 70.1. The summed E-state index contributed by atoms with van der Waals surface area (Å²) >= 11 is 3.37. The van der Waals surface area contributed by atoms with Crippen LogP contribution >= 0.6 is 46.3 Å². The van der Waals surface area contributed by atoms with Gasteiger partial charge in [-0.2, -0.15) is 19.9 Å². The van der Waals surface area contributed by atoms with Crippen LogP contribution in [-0.2, 0) is 159 Å². The molecule has 0 bridgehead atoms. The summed E-state index contributed by atoms with van der Waals surface area (Å²) in [5.41, 5.74) is 25.7. The van der Waals surface area contributed by atoms with Crippen LogP contribution in [-0.4, -0.2) is 209 Å². The number of carbonyl (C=O) groups is 4. The second-order valence-corrected chi connectivity index (χ2v) is 40.2. The van der Waals surface area contributed by atoms with Crippen molar-refractivity contribution in [3.63, 3.8) is 0 Å². The van der Waals surface area contributed by atoms with Crippen LogP contribution in [0.15, 0.2) is 152 Å². The monoisotopic (exact) mass is 2200 g/mol. The van der Waals surface area contributed by atoms with Crippen molar-refractivity contribution >= 4 is 139 Å². The van der Waals surface area contributed by atoms with Crippen molar-refractivity contribution in [2.45, 2.75) is 107 Å². The summed E-state index contributed by atoms with van der Waals surface area (Å²) < 4.78 is 209. The summed E-state index contributed by atoms with van der Waals surface area (Å²) in [6.45, 7) is 9.35. The van der Waals surface area contributed by atoms with Crippen LogP contribution in [0.3, 0.4) is 0 Å². The zero-order chi connectivity index (χ0) is 107. The molecule has 61 heteroatoms. The molecule has 0 saturated heterocycles. The molecule has 0 radical (unpaired) electrons. The van der Waals surface area contributed by atoms with Crippen molar-refractivity contribution in [3.8, 4) is 11.5 Å². The Hall–Kier alpha value is -13.7. The number of imidazole rings is 4. The molecule has 0 saturated carbocycles. The van der Waals surface area contributed by atoms with Crippen molar-refractivity contribution in [2.75, 3.05) is 123 Å². The van der Waals surface area contributed by atoms with Crippen LogP contribution in [0.2, 0.25) is 0 Å². The standard InChI is InChI=1S/C24H25BrN5O8P.C22H29FN5O9P.C21H27FN5O8P.C19H23FN5O8P/c1-16-5-7-19(8-6-16)38-24(32)35-14-37-39(33,36-12-17-3-2-4-18(25)11-17)15-34-10-9-30-13-27-20-21(30)28-23(26)29-22(20)31;1-14(2)9-34-22(30)35-12-37-38(31,36-10-15-4-5-17(32-3)16(23)8-15)13-33-7-6-28-11-25-18-19(28)26-21(24)27-20(18)29;1-13(2)35-21(29)32-11-34-36(30,33-9-15-5-4-14(3)16(22)8-15)12-31-7-6-27-10-24-17-18(27)25-20(23)26-19(17)28;1-12-3-4-13(7-14(12)20)8-32-34(28,33-10-31-19(27)29-2)11-30-6-5-25-9-22-15-16(25)23-18(21)24-17(15)26/h2-8,11,13H,9-10,12,14-15H2,1H3,(H3,26,28,29,31);4-5,8,11,14H,6-7,9-10,12-13H2,1-3H3,(H3,24,26,27,29);4-5,8,10,13H,6-7,9,11-12H2,1-3H3,(H3,23,25,26,28);3-4,7,9H,5-6,8,10-11H2,1-2H3,(H3,21,23,24,26). The Morgan fingerprint density at radius 1 is 0.408 bits per heavy atom. The third kappa shape index (κ3) is 37.0. The maximum Gasteiger partial charge on any atom is 0.515 e. The third-order valence-electron chi connectivity index (χ3n) is 19.1. The van der Waals surface area contributed by atoms with E-state index in [1.54, 1.807) is 99.0 Å². The number of hydrogen-bond acceptors (Lipinski definition) is 45. The summed E-state index contributed by atoms with van der Waals surface area (Å²) in [6, 6.07) is 26.9. The van der Waals surface area contributed by atoms with Gasteiger partial charge in [-0.15, -0.1) is 0 Å². The summed E-state index contributed by atoms with van der Waals surface area (Å²) in [6.07, 6.45) is -0.903. The number of H-pyrrole nitrogens is 4. The van der Waals surface area contributed by atoms with E-state index in [2.05, 4.69) is 85.2 Å². The van der Waals surface area contributed by atoms with E-state index in [0.29, 0.717) is 27.8 Å². The van der Waals surface area contributed by atoms with E-state index in [-0.39, 0.29) is 172 Å². The molecule has 0 aliphatic rings. The van der Waals surface area contributed by atoms with Gasteiger partial charge in [0.1, 0.15) is 42.8 Å². The first-order valence-corrected chi connectivity index (χ1v) is 51.3. The fourth-order valence-electron chi connectivity index (χ4n) is 11.8. The molecule has 0 fully saturated rings. The van der Waals surface area contributed by atoms with Crippen LogP contribution in [0, 0.1) is 44.1 Å². The highest BCUT2D eigenvalue weighted by molar-refractivity contribution is 9.10. The quantitative estimate of drug-likeness (QED) is 0.00438. The third-order valence-corrected chi connectivity index (χ3v) is 25.7. The van der Waals surface area contributed by atoms with E-state index in [1.165, 1.54) is 70.4 Å². The average Bonchev–Trinajstić information content (AvgIpc) is 1.67. The number of carbonyl (C=O) groups excluding carboxylic acids is 4. The zero-order valence-corrected chi connectivity index (χ0v) is 85.2. The highest BCUT2D eigenvalue weighted by atomic mass is 79.9. The number of halogens is 4. The fraction of sp³-hybridized carbons (Fsp3) is 0.372. The number of nitrogens with one attached hydrogen (secondary N) is 4. The van der Waals surface area contributed by atoms with E-state index in [1.807, 2.05) is 26.8 Å². The molecule has 0 spiro atoms. The van der Waals surface area contributed by atoms with Crippen molar-refractivity contribution in [2.24, 2.45) is 5.92 Å². The Morgan fingerprint density at radius 2 is 0.741 bits per heavy atom. The van der Waals surface area contributed by atoms with Gasteiger partial charge in [-0.1, -0.05) is 89.9 Å². The molecule has 0 amide bonds. The summed E-state index contributed by atoms with van der Waals surface area (Å²) in [4.78, 5) is 136. The lowest BCUT2D eigenvalue weighted by molar-refractivity contribution is -0.0167. The maximum absolute atomic E-state index is 14.0. The largest absolute Gasteiger partial charge is 0.515 e. The molecular weight excluding hydrogens is 2100 g/mol. The molecule has 0 aliphatic heterocycles. The predicted octanol–water partition coefficient (Wildman–Crippen LogP) is 12.7. The van der Waals surface area contributed by atoms with E-state index in [9.17, 15) is 69.8 Å². The molecule has 8 aromatic heterocycles. The molecule has 5 aromatic carbocycles. The number of ether oxygens (including phenoxy) is 13. The van der Waals surface area contributed by atoms with E-state index < -0.39 is 153 Å². The van der Waals surface area contributed by atoms with Gasteiger partial charge in [0, 0.05) is 30.7 Å². The first-order valence-electron chi connectivity index (χ1n) is 43.6. The molecule has 13 aromatic rings. The molecule has 147 heavy (non-hydrogen) atoms. The minimum absolute atomic E-state index is 0.00591. The van der Waals surface area contributed by atoms with Crippen LogP contribution in [0.4, 0.5) is 56.1 Å². The summed E-state index contributed by atoms with van der Waals surface area (Å²) in [5, 5.41) is 0. The second kappa shape index (κ2) is 55.7. The van der Waals surface area contributed by atoms with Crippen molar-refractivity contribution in [1.29, 1.82) is 0 Å². The lowest BCUT2D eigenvalue weighted by Gasteiger charge is -2.19. The fourth-order valence-corrected chi connectivity index (χ4v) is 16.8. The average molecular weight is 2210 g/mol. The number of methoxy groups -OCH3 is 2. The minimum atomic E-state index is -4.01. The van der Waals surface area contributed by atoms with Crippen molar-refractivity contribution in [3.05, 3.63) is 231 Å². The van der Waals surface area contributed by atoms with Crippen LogP contribution in [0.1, 0.15) is 66.6 Å². The number of aromatic nitrogens is 16. The first kappa shape index (κ1) is 115. The number of nitrogen functional groups attached to an aromatic ring is 4. The number of nitrogens with zero attached hydrogens (tertiary/aromatic N) is 12. The van der Waals surface area contributed by atoms with Gasteiger partial charge in [-0.3, -0.25) is 75.5 Å². The number of aromatic amines is 4. The number of rotatable bonds is 49. The molecule has 0 aliphatic carbocycles. The Labute approximate surface area is 839 Å². The lowest BCUT2D eigenvalue weighted by atomic mass is 10.1. The van der Waals surface area contributed by atoms with Gasteiger partial charge < -0.3 is 121 Å². The molecular formula is C86H104BrF3N20O33P4. The van der Waals surface area contributed by atoms with Gasteiger partial charge in [-0.05, 0) is 122 Å². The highest BCUT2D eigenvalue weighted by Gasteiger charge is 2.33. The van der Waals surface area contributed by atoms with Gasteiger partial charge in [0.2, 0.25) is 51.0 Å². The van der Waals surface area contributed by atoms with E-state index in [4.69, 9.17) is 111 Å². The van der Waals surface area contributed by atoms with Crippen molar-refractivity contribution < 1.29 is 148 Å². The van der Waals surface area contributed by atoms with Gasteiger partial charge in [0.25, 0.3) is 22.2 Å². The van der Waals surface area contributed by atoms with E-state index in [0.717, 1.165) is 28.8 Å². The number of hydrogen-bond donors (Lipinski definition) is 8.